The molecular weight excluding hydrogens is 490 g/mol. The number of hydrogen-bond donors (Lipinski definition) is 0. The molecule has 37 heavy (non-hydrogen) atoms. The van der Waals surface area contributed by atoms with Crippen LogP contribution in [0.2, 0.25) is 0 Å². The summed E-state index contributed by atoms with van der Waals surface area (Å²) in [5, 5.41) is 11.5. The number of methoxy groups -OCH3 is 1. The largest absolute Gasteiger partial charge is 0.493 e. The quantitative estimate of drug-likeness (QED) is 0.186. The molecule has 3 aromatic carbocycles. The molecule has 190 valence electrons. The molecule has 3 aromatic rings. The first-order chi connectivity index (χ1) is 17.9. The van der Waals surface area contributed by atoms with Gasteiger partial charge < -0.3 is 9.47 Å². The molecule has 0 N–H and O–H groups in total. The molecule has 0 spiro atoms. The Balaban J connectivity index is 1.53. The van der Waals surface area contributed by atoms with E-state index in [1.54, 1.807) is 30.2 Å². The number of aliphatic imine (C=N–C) groups is 1. The lowest BCUT2D eigenvalue weighted by Crippen LogP contribution is -2.28. The SMILES string of the molecule is CCc1ccccc1N=C1S/C(=C/c2ccc(OCc3ccc([N+](=O)[O-])cc3)c(OC)c2)C(=O)N1CC. The van der Waals surface area contributed by atoms with E-state index in [1.165, 1.54) is 23.9 Å². The number of hydrogen-bond acceptors (Lipinski definition) is 7. The van der Waals surface area contributed by atoms with E-state index >= 15 is 0 Å². The third kappa shape index (κ3) is 6.00. The molecule has 0 aromatic heterocycles. The van der Waals surface area contributed by atoms with Crippen LogP contribution < -0.4 is 9.47 Å². The number of para-hydroxylation sites is 1. The van der Waals surface area contributed by atoms with E-state index in [1.807, 2.05) is 49.4 Å². The molecule has 4 rings (SSSR count). The zero-order valence-corrected chi connectivity index (χ0v) is 21.7. The molecule has 9 heteroatoms. The van der Waals surface area contributed by atoms with Crippen LogP contribution in [0.3, 0.4) is 0 Å². The Bertz CT molecular complexity index is 1370. The van der Waals surface area contributed by atoms with Crippen molar-refractivity contribution < 1.29 is 19.2 Å². The number of rotatable bonds is 9. The number of nitro groups is 1. The molecule has 0 radical (unpaired) electrons. The van der Waals surface area contributed by atoms with Gasteiger partial charge in [-0.1, -0.05) is 31.2 Å². The fourth-order valence-corrected chi connectivity index (χ4v) is 4.87. The van der Waals surface area contributed by atoms with Gasteiger partial charge in [-0.15, -0.1) is 0 Å². The van der Waals surface area contributed by atoms with Crippen molar-refractivity contribution in [3.63, 3.8) is 0 Å². The summed E-state index contributed by atoms with van der Waals surface area (Å²) in [5.41, 5.74) is 3.62. The predicted octanol–water partition coefficient (Wildman–Crippen LogP) is 6.37. The topological polar surface area (TPSA) is 94.3 Å². The van der Waals surface area contributed by atoms with Crippen LogP contribution in [0.1, 0.15) is 30.5 Å². The summed E-state index contributed by atoms with van der Waals surface area (Å²) in [5.74, 6) is 0.963. The van der Waals surface area contributed by atoms with Gasteiger partial charge in [0, 0.05) is 18.7 Å². The van der Waals surface area contributed by atoms with E-state index in [0.29, 0.717) is 28.1 Å². The van der Waals surface area contributed by atoms with Crippen molar-refractivity contribution in [1.29, 1.82) is 0 Å². The molecule has 0 aliphatic carbocycles. The number of amidine groups is 1. The molecule has 0 unspecified atom stereocenters. The number of likely N-dealkylation sites (N-methyl/N-ethyl adjacent to an activating group) is 1. The van der Waals surface area contributed by atoms with Crippen LogP contribution in [0.15, 0.2) is 76.6 Å². The summed E-state index contributed by atoms with van der Waals surface area (Å²) in [6, 6.07) is 19.6. The summed E-state index contributed by atoms with van der Waals surface area (Å²) < 4.78 is 11.4. The lowest BCUT2D eigenvalue weighted by molar-refractivity contribution is -0.384. The molecule has 1 aliphatic rings. The molecule has 1 fully saturated rings. The Hall–Kier alpha value is -4.11. The van der Waals surface area contributed by atoms with Gasteiger partial charge in [-0.25, -0.2) is 4.99 Å². The number of amides is 1. The van der Waals surface area contributed by atoms with E-state index in [-0.39, 0.29) is 18.2 Å². The van der Waals surface area contributed by atoms with Gasteiger partial charge in [0.1, 0.15) is 6.61 Å². The first kappa shape index (κ1) is 26.0. The number of ether oxygens (including phenoxy) is 2. The Morgan fingerprint density at radius 1 is 1.05 bits per heavy atom. The summed E-state index contributed by atoms with van der Waals surface area (Å²) in [6.45, 7) is 4.77. The summed E-state index contributed by atoms with van der Waals surface area (Å²) in [6.07, 6.45) is 2.69. The van der Waals surface area contributed by atoms with E-state index in [4.69, 9.17) is 14.5 Å². The smallest absolute Gasteiger partial charge is 0.269 e. The number of aryl methyl sites for hydroxylation is 1. The van der Waals surface area contributed by atoms with Crippen LogP contribution in [0.4, 0.5) is 11.4 Å². The zero-order valence-electron chi connectivity index (χ0n) is 20.8. The van der Waals surface area contributed by atoms with Crippen molar-refractivity contribution in [2.24, 2.45) is 4.99 Å². The molecule has 0 atom stereocenters. The summed E-state index contributed by atoms with van der Waals surface area (Å²) in [4.78, 5) is 30.6. The second kappa shape index (κ2) is 11.7. The molecule has 0 saturated carbocycles. The molecule has 1 amide bonds. The molecular formula is C28H27N3O5S. The van der Waals surface area contributed by atoms with Gasteiger partial charge in [0.25, 0.3) is 11.6 Å². The lowest BCUT2D eigenvalue weighted by Gasteiger charge is -2.13. The first-order valence-corrected chi connectivity index (χ1v) is 12.7. The van der Waals surface area contributed by atoms with Crippen molar-refractivity contribution in [1.82, 2.24) is 4.90 Å². The van der Waals surface area contributed by atoms with Crippen molar-refractivity contribution in [3.05, 3.63) is 98.4 Å². The second-order valence-electron chi connectivity index (χ2n) is 8.16. The number of nitrogens with zero attached hydrogens (tertiary/aromatic N) is 3. The third-order valence-electron chi connectivity index (χ3n) is 5.82. The maximum Gasteiger partial charge on any atom is 0.269 e. The standard InChI is InChI=1S/C28H27N3O5S/c1-4-21-8-6-7-9-23(21)29-28-30(5-2)27(32)26(37-28)17-20-12-15-24(25(16-20)35-3)36-18-19-10-13-22(14-11-19)31(33)34/h6-17H,4-5,18H2,1-3H3/b26-17+,29-28?. The molecule has 1 saturated heterocycles. The highest BCUT2D eigenvalue weighted by Crippen LogP contribution is 2.36. The van der Waals surface area contributed by atoms with Crippen LogP contribution in [-0.4, -0.2) is 34.6 Å². The van der Waals surface area contributed by atoms with Gasteiger partial charge >= 0.3 is 0 Å². The Morgan fingerprint density at radius 2 is 1.81 bits per heavy atom. The minimum atomic E-state index is -0.438. The average molecular weight is 518 g/mol. The fourth-order valence-electron chi connectivity index (χ4n) is 3.81. The first-order valence-electron chi connectivity index (χ1n) is 11.9. The van der Waals surface area contributed by atoms with E-state index in [9.17, 15) is 14.9 Å². The third-order valence-corrected chi connectivity index (χ3v) is 6.83. The predicted molar refractivity (Wildman–Crippen MR) is 146 cm³/mol. The molecule has 8 nitrogen and oxygen atoms in total. The minimum Gasteiger partial charge on any atom is -0.493 e. The van der Waals surface area contributed by atoms with Gasteiger partial charge in [0.05, 0.1) is 22.6 Å². The van der Waals surface area contributed by atoms with Crippen molar-refractivity contribution in [3.8, 4) is 11.5 Å². The number of nitro benzene ring substituents is 1. The van der Waals surface area contributed by atoms with Crippen LogP contribution in [-0.2, 0) is 17.8 Å². The van der Waals surface area contributed by atoms with Gasteiger partial charge in [-0.05, 0) is 78.2 Å². The monoisotopic (exact) mass is 517 g/mol. The average Bonchev–Trinajstić information content (AvgIpc) is 3.21. The fraction of sp³-hybridized carbons (Fsp3) is 0.214. The van der Waals surface area contributed by atoms with Crippen LogP contribution in [0, 0.1) is 10.1 Å². The van der Waals surface area contributed by atoms with Gasteiger partial charge in [-0.2, -0.15) is 0 Å². The highest BCUT2D eigenvalue weighted by molar-refractivity contribution is 8.18. The Kier molecular flexibility index (Phi) is 8.25. The lowest BCUT2D eigenvalue weighted by atomic mass is 10.1. The number of carbonyl (C=O) groups is 1. The van der Waals surface area contributed by atoms with Crippen LogP contribution in [0.5, 0.6) is 11.5 Å². The maximum atomic E-state index is 13.1. The normalized spacial score (nSPS) is 15.4. The van der Waals surface area contributed by atoms with E-state index < -0.39 is 4.92 Å². The zero-order chi connectivity index (χ0) is 26.4. The number of thioether (sulfide) groups is 1. The summed E-state index contributed by atoms with van der Waals surface area (Å²) in [7, 11) is 1.55. The van der Waals surface area contributed by atoms with E-state index in [2.05, 4.69) is 6.92 Å². The van der Waals surface area contributed by atoms with Crippen LogP contribution >= 0.6 is 11.8 Å². The maximum absolute atomic E-state index is 13.1. The van der Waals surface area contributed by atoms with E-state index in [0.717, 1.165) is 28.8 Å². The highest BCUT2D eigenvalue weighted by atomic mass is 32.2. The Morgan fingerprint density at radius 3 is 2.49 bits per heavy atom. The number of non-ortho nitro benzene ring substituents is 1. The van der Waals surface area contributed by atoms with Gasteiger partial charge in [0.15, 0.2) is 16.7 Å². The van der Waals surface area contributed by atoms with Crippen LogP contribution in [0.25, 0.3) is 6.08 Å². The number of benzene rings is 3. The second-order valence-corrected chi connectivity index (χ2v) is 9.17. The Labute approximate surface area is 219 Å². The highest BCUT2D eigenvalue weighted by Gasteiger charge is 2.32. The minimum absolute atomic E-state index is 0.0301. The molecule has 0 bridgehead atoms. The van der Waals surface area contributed by atoms with Crippen molar-refractivity contribution in [2.75, 3.05) is 13.7 Å². The van der Waals surface area contributed by atoms with Crippen molar-refractivity contribution >= 4 is 40.3 Å². The van der Waals surface area contributed by atoms with Crippen molar-refractivity contribution in [2.45, 2.75) is 26.9 Å². The van der Waals surface area contributed by atoms with Gasteiger partial charge in [0.2, 0.25) is 0 Å². The number of carbonyl (C=O) groups excluding carboxylic acids is 1. The summed E-state index contributed by atoms with van der Waals surface area (Å²) >= 11 is 1.36. The molecule has 1 heterocycles. The van der Waals surface area contributed by atoms with Gasteiger partial charge in [-0.3, -0.25) is 19.8 Å². The molecule has 1 aliphatic heterocycles.